The molecule has 0 aromatic heterocycles. The fraction of sp³-hybridized carbons (Fsp3) is 0. The molecule has 6 heavy (non-hydrogen) atoms. The van der Waals surface area contributed by atoms with Gasteiger partial charge in [-0.05, 0) is 0 Å². The number of halogens is 2. The minimum atomic E-state index is 0. The summed E-state index contributed by atoms with van der Waals surface area (Å²) >= 11 is 0. The first-order valence-electron chi connectivity index (χ1n) is 0.200. The van der Waals surface area contributed by atoms with Gasteiger partial charge in [-0.15, -0.1) is 24.8 Å². The van der Waals surface area contributed by atoms with E-state index in [1.807, 2.05) is 0 Å². The number of hydrogen-bond acceptors (Lipinski definition) is 2. The largest absolute Gasteiger partial charge is 0.255 e. The molecule has 2 N–H and O–H groups in total. The number of rotatable bonds is 0. The summed E-state index contributed by atoms with van der Waals surface area (Å²) in [4.78, 5) is 0. The van der Waals surface area contributed by atoms with E-state index < -0.39 is 0 Å². The van der Waals surface area contributed by atoms with E-state index in [4.69, 9.17) is 10.5 Å². The summed E-state index contributed by atoms with van der Waals surface area (Å²) in [6.07, 6.45) is 0. The Kier molecular flexibility index (Phi) is 490. The molecule has 0 aromatic carbocycles. The van der Waals surface area contributed by atoms with Gasteiger partial charge < -0.3 is 0 Å². The first-order valence-corrected chi connectivity index (χ1v) is 0.200. The zero-order valence-corrected chi connectivity index (χ0v) is 6.30. The van der Waals surface area contributed by atoms with Gasteiger partial charge >= 0.3 is 0 Å². The van der Waals surface area contributed by atoms with E-state index in [2.05, 4.69) is 0 Å². The molecule has 0 radical (unpaired) electrons. The van der Waals surface area contributed by atoms with Crippen molar-refractivity contribution in [1.29, 1.82) is 0 Å². The predicted octanol–water partition coefficient (Wildman–Crippen LogP) is -0.325. The SMILES string of the molecule is Cl.Cl.OO.[AlH3].[Zr]. The van der Waals surface area contributed by atoms with Crippen molar-refractivity contribution in [1.82, 2.24) is 0 Å². The Labute approximate surface area is 78.3 Å². The van der Waals surface area contributed by atoms with Crippen molar-refractivity contribution in [2.75, 3.05) is 0 Å². The van der Waals surface area contributed by atoms with Gasteiger partial charge in [-0.3, -0.25) is 10.5 Å². The molecule has 0 saturated carbocycles. The van der Waals surface area contributed by atoms with Crippen molar-refractivity contribution >= 4 is 42.2 Å². The van der Waals surface area contributed by atoms with Crippen molar-refractivity contribution in [2.24, 2.45) is 0 Å². The maximum absolute atomic E-state index is 6.00. The maximum Gasteiger partial charge on any atom is 0.187 e. The zero-order valence-electron chi connectivity index (χ0n) is 2.21. The topological polar surface area (TPSA) is 40.5 Å². The van der Waals surface area contributed by atoms with E-state index in [0.717, 1.165) is 0 Å². The second-order valence-electron chi connectivity index (χ2n) is 0. The van der Waals surface area contributed by atoms with Gasteiger partial charge in [-0.1, -0.05) is 0 Å². The van der Waals surface area contributed by atoms with Gasteiger partial charge in [0.25, 0.3) is 0 Å². The van der Waals surface area contributed by atoms with Gasteiger partial charge in [0.2, 0.25) is 0 Å². The van der Waals surface area contributed by atoms with E-state index in [1.54, 1.807) is 0 Å². The average molecular weight is 228 g/mol. The van der Waals surface area contributed by atoms with Crippen LogP contribution in [0, 0.1) is 0 Å². The fourth-order valence-electron chi connectivity index (χ4n) is 0. The Hall–Kier alpha value is 1.92. The van der Waals surface area contributed by atoms with Crippen LogP contribution in [0.25, 0.3) is 0 Å². The minimum Gasteiger partial charge on any atom is -0.255 e. The summed E-state index contributed by atoms with van der Waals surface area (Å²) in [7, 11) is 0. The first kappa shape index (κ1) is 44.5. The van der Waals surface area contributed by atoms with E-state index in [0.29, 0.717) is 0 Å². The third-order valence-corrected chi connectivity index (χ3v) is 0. The van der Waals surface area contributed by atoms with Gasteiger partial charge in [0, 0.05) is 26.2 Å². The quantitative estimate of drug-likeness (QED) is 0.339. The van der Waals surface area contributed by atoms with Crippen LogP contribution < -0.4 is 0 Å². The summed E-state index contributed by atoms with van der Waals surface area (Å²) in [6.45, 7) is 0. The van der Waals surface area contributed by atoms with Gasteiger partial charge in [-0.2, -0.15) is 0 Å². The molecule has 6 heteroatoms. The molecule has 2 nitrogen and oxygen atoms in total. The smallest absolute Gasteiger partial charge is 0.187 e. The monoisotopic (exact) mass is 226 g/mol. The van der Waals surface area contributed by atoms with Crippen LogP contribution in [0.1, 0.15) is 0 Å². The third kappa shape index (κ3) is 39.0. The van der Waals surface area contributed by atoms with Crippen LogP contribution >= 0.6 is 24.8 Å². The van der Waals surface area contributed by atoms with E-state index in [9.17, 15) is 0 Å². The van der Waals surface area contributed by atoms with Crippen LogP contribution in [-0.2, 0) is 26.2 Å². The molecule has 0 rings (SSSR count). The van der Waals surface area contributed by atoms with E-state index in [-0.39, 0.29) is 68.4 Å². The molecule has 0 fully saturated rings. The Bertz CT molecular complexity index is 11.5. The molecular weight excluding hydrogens is 221 g/mol. The van der Waals surface area contributed by atoms with Crippen molar-refractivity contribution in [3.05, 3.63) is 0 Å². The van der Waals surface area contributed by atoms with Crippen LogP contribution in [-0.4, -0.2) is 27.9 Å². The van der Waals surface area contributed by atoms with Gasteiger partial charge in [-0.25, -0.2) is 0 Å². The second kappa shape index (κ2) is 66.0. The molecule has 0 unspecified atom stereocenters. The Morgan fingerprint density at radius 2 is 0.833 bits per heavy atom. The summed E-state index contributed by atoms with van der Waals surface area (Å²) in [5.41, 5.74) is 0. The predicted molar refractivity (Wildman–Crippen MR) is 29.7 cm³/mol. The van der Waals surface area contributed by atoms with Crippen LogP contribution in [0.4, 0.5) is 0 Å². The zero-order chi connectivity index (χ0) is 2.00. The van der Waals surface area contributed by atoms with Gasteiger partial charge in [0.05, 0.1) is 0 Å². The molecule has 0 spiro atoms. The summed E-state index contributed by atoms with van der Waals surface area (Å²) < 4.78 is 0. The molecule has 0 aliphatic heterocycles. The molecule has 0 saturated heterocycles. The number of hydrogen-bond donors (Lipinski definition) is 2. The third-order valence-electron chi connectivity index (χ3n) is 0. The summed E-state index contributed by atoms with van der Waals surface area (Å²) in [5.74, 6) is 0. The molecular formula is H7AlCl2O2Zr. The molecule has 0 bridgehead atoms. The molecule has 0 aromatic rings. The standard InChI is InChI=1S/Al.2ClH.H2O2.Zr.3H/c;;;1-2;;;;/h;2*1H;1-2H;;;;. The first-order chi connectivity index (χ1) is 1.00. The van der Waals surface area contributed by atoms with E-state index >= 15 is 0 Å². The molecule has 0 heterocycles. The normalized spacial score (nSPS) is 1.00. The van der Waals surface area contributed by atoms with Gasteiger partial charge in [0.15, 0.2) is 17.4 Å². The summed E-state index contributed by atoms with van der Waals surface area (Å²) in [6, 6.07) is 0. The molecule has 0 amide bonds. The van der Waals surface area contributed by atoms with Crippen molar-refractivity contribution in [3.63, 3.8) is 0 Å². The molecule has 0 aliphatic rings. The van der Waals surface area contributed by atoms with E-state index in [1.165, 1.54) is 0 Å². The molecule has 40 valence electrons. The van der Waals surface area contributed by atoms with Crippen LogP contribution in [0.5, 0.6) is 0 Å². The summed E-state index contributed by atoms with van der Waals surface area (Å²) in [5, 5.41) is 12.0. The van der Waals surface area contributed by atoms with Crippen LogP contribution in [0.15, 0.2) is 0 Å². The van der Waals surface area contributed by atoms with Crippen LogP contribution in [0.3, 0.4) is 0 Å². The van der Waals surface area contributed by atoms with Crippen molar-refractivity contribution < 1.29 is 36.7 Å². The minimum absolute atomic E-state index is 0. The van der Waals surface area contributed by atoms with Crippen LogP contribution in [0.2, 0.25) is 0 Å². The Morgan fingerprint density at radius 3 is 0.833 bits per heavy atom. The molecule has 0 aliphatic carbocycles. The second-order valence-corrected chi connectivity index (χ2v) is 0. The average Bonchev–Trinajstić information content (AvgIpc) is 1.00. The maximum atomic E-state index is 6.00. The fourth-order valence-corrected chi connectivity index (χ4v) is 0. The van der Waals surface area contributed by atoms with Crippen molar-refractivity contribution in [3.8, 4) is 0 Å². The van der Waals surface area contributed by atoms with Crippen molar-refractivity contribution in [2.45, 2.75) is 0 Å². The Balaban J connectivity index is -0.000000000833. The molecule has 0 atom stereocenters. The Morgan fingerprint density at radius 1 is 0.833 bits per heavy atom. The van der Waals surface area contributed by atoms with Gasteiger partial charge in [0.1, 0.15) is 0 Å².